The second-order valence-corrected chi connectivity index (χ2v) is 6.44. The monoisotopic (exact) mass is 333 g/mol. The summed E-state index contributed by atoms with van der Waals surface area (Å²) in [5.41, 5.74) is 2.28. The summed E-state index contributed by atoms with van der Waals surface area (Å²) in [5.74, 6) is -0.0449. The summed E-state index contributed by atoms with van der Waals surface area (Å²) >= 11 is 12.1. The molecule has 0 amide bonds. The highest BCUT2D eigenvalue weighted by atomic mass is 35.5. The Morgan fingerprint density at radius 1 is 1.00 bits per heavy atom. The van der Waals surface area contributed by atoms with Gasteiger partial charge in [0.2, 0.25) is 0 Å². The van der Waals surface area contributed by atoms with Crippen LogP contribution in [0.15, 0.2) is 42.5 Å². The molecule has 1 heterocycles. The van der Waals surface area contributed by atoms with Crippen molar-refractivity contribution in [2.45, 2.75) is 19.4 Å². The van der Waals surface area contributed by atoms with Gasteiger partial charge in [-0.1, -0.05) is 47.5 Å². The maximum Gasteiger partial charge on any atom is 0.194 e. The third-order valence-electron chi connectivity index (χ3n) is 4.03. The van der Waals surface area contributed by atoms with Gasteiger partial charge in [-0.15, -0.1) is 0 Å². The molecule has 1 aliphatic heterocycles. The predicted molar refractivity (Wildman–Crippen MR) is 90.8 cm³/mol. The number of carbonyl (C=O) groups is 1. The van der Waals surface area contributed by atoms with E-state index in [9.17, 15) is 4.79 Å². The Balaban J connectivity index is 1.91. The third kappa shape index (κ3) is 3.35. The Bertz CT molecular complexity index is 693. The SMILES string of the molecule is O=C(c1ccc(Cl)cc1Cl)c1ccccc1CN1CCCC1. The third-order valence-corrected chi connectivity index (χ3v) is 4.58. The number of rotatable bonds is 4. The molecule has 1 fully saturated rings. The summed E-state index contributed by atoms with van der Waals surface area (Å²) in [6.07, 6.45) is 2.47. The number of likely N-dealkylation sites (tertiary alicyclic amines) is 1. The average Bonchev–Trinajstić information content (AvgIpc) is 3.00. The Morgan fingerprint density at radius 2 is 1.73 bits per heavy atom. The summed E-state index contributed by atoms with van der Waals surface area (Å²) in [6, 6.07) is 12.8. The highest BCUT2D eigenvalue weighted by Gasteiger charge is 2.19. The van der Waals surface area contributed by atoms with Gasteiger partial charge in [-0.05, 0) is 49.7 Å². The first kappa shape index (κ1) is 15.5. The van der Waals surface area contributed by atoms with Gasteiger partial charge in [0, 0.05) is 22.7 Å². The van der Waals surface area contributed by atoms with E-state index in [1.54, 1.807) is 18.2 Å². The number of carbonyl (C=O) groups excluding carboxylic acids is 1. The van der Waals surface area contributed by atoms with Crippen molar-refractivity contribution in [3.05, 3.63) is 69.2 Å². The van der Waals surface area contributed by atoms with Gasteiger partial charge in [0.25, 0.3) is 0 Å². The largest absolute Gasteiger partial charge is 0.299 e. The van der Waals surface area contributed by atoms with E-state index < -0.39 is 0 Å². The topological polar surface area (TPSA) is 20.3 Å². The standard InChI is InChI=1S/C18H17Cl2NO/c19-14-7-8-16(17(20)11-14)18(22)15-6-2-1-5-13(15)12-21-9-3-4-10-21/h1-2,5-8,11H,3-4,9-10,12H2. The molecule has 0 aromatic heterocycles. The van der Waals surface area contributed by atoms with Gasteiger partial charge in [0.1, 0.15) is 0 Å². The lowest BCUT2D eigenvalue weighted by Gasteiger charge is -2.17. The quantitative estimate of drug-likeness (QED) is 0.747. The fourth-order valence-corrected chi connectivity index (χ4v) is 3.37. The maximum atomic E-state index is 12.8. The Kier molecular flexibility index (Phi) is 4.82. The van der Waals surface area contributed by atoms with Crippen LogP contribution in [0.4, 0.5) is 0 Å². The molecule has 0 saturated carbocycles. The van der Waals surface area contributed by atoms with Gasteiger partial charge in [0.05, 0.1) is 5.02 Å². The fraction of sp³-hybridized carbons (Fsp3) is 0.278. The molecule has 3 rings (SSSR count). The Labute approximate surface area is 140 Å². The Hall–Kier alpha value is -1.35. The van der Waals surface area contributed by atoms with Crippen molar-refractivity contribution in [3.8, 4) is 0 Å². The average molecular weight is 334 g/mol. The predicted octanol–water partition coefficient (Wildman–Crippen LogP) is 4.82. The molecule has 0 N–H and O–H groups in total. The summed E-state index contributed by atoms with van der Waals surface area (Å²) in [5, 5.41) is 0.931. The van der Waals surface area contributed by atoms with Crippen molar-refractivity contribution in [1.29, 1.82) is 0 Å². The van der Waals surface area contributed by atoms with E-state index in [4.69, 9.17) is 23.2 Å². The first-order chi connectivity index (χ1) is 10.6. The minimum absolute atomic E-state index is 0.0449. The van der Waals surface area contributed by atoms with Gasteiger partial charge < -0.3 is 0 Å². The molecular formula is C18H17Cl2NO. The first-order valence-electron chi connectivity index (χ1n) is 7.45. The van der Waals surface area contributed by atoms with Crippen LogP contribution < -0.4 is 0 Å². The zero-order chi connectivity index (χ0) is 15.5. The van der Waals surface area contributed by atoms with Gasteiger partial charge in [-0.25, -0.2) is 0 Å². The number of ketones is 1. The number of hydrogen-bond donors (Lipinski definition) is 0. The van der Waals surface area contributed by atoms with E-state index in [0.29, 0.717) is 15.6 Å². The van der Waals surface area contributed by atoms with Gasteiger partial charge in [-0.3, -0.25) is 9.69 Å². The molecular weight excluding hydrogens is 317 g/mol. The van der Waals surface area contributed by atoms with Gasteiger partial charge in [0.15, 0.2) is 5.78 Å². The van der Waals surface area contributed by atoms with Crippen molar-refractivity contribution in [3.63, 3.8) is 0 Å². The van der Waals surface area contributed by atoms with Crippen LogP contribution in [0.25, 0.3) is 0 Å². The van der Waals surface area contributed by atoms with Crippen molar-refractivity contribution in [2.75, 3.05) is 13.1 Å². The molecule has 0 radical (unpaired) electrons. The lowest BCUT2D eigenvalue weighted by Crippen LogP contribution is -2.20. The van der Waals surface area contributed by atoms with E-state index in [0.717, 1.165) is 30.8 Å². The van der Waals surface area contributed by atoms with E-state index in [2.05, 4.69) is 4.90 Å². The number of nitrogens with zero attached hydrogens (tertiary/aromatic N) is 1. The molecule has 2 nitrogen and oxygen atoms in total. The lowest BCUT2D eigenvalue weighted by atomic mass is 9.98. The summed E-state index contributed by atoms with van der Waals surface area (Å²) in [4.78, 5) is 15.2. The molecule has 1 aliphatic rings. The van der Waals surface area contributed by atoms with Crippen LogP contribution in [0.5, 0.6) is 0 Å². The van der Waals surface area contributed by atoms with E-state index >= 15 is 0 Å². The second-order valence-electron chi connectivity index (χ2n) is 5.59. The molecule has 0 atom stereocenters. The lowest BCUT2D eigenvalue weighted by molar-refractivity contribution is 0.103. The molecule has 0 spiro atoms. The summed E-state index contributed by atoms with van der Waals surface area (Å²) < 4.78 is 0. The van der Waals surface area contributed by atoms with Crippen LogP contribution in [0.1, 0.15) is 34.3 Å². The highest BCUT2D eigenvalue weighted by Crippen LogP contribution is 2.25. The molecule has 2 aromatic carbocycles. The smallest absolute Gasteiger partial charge is 0.194 e. The molecule has 4 heteroatoms. The zero-order valence-corrected chi connectivity index (χ0v) is 13.7. The minimum Gasteiger partial charge on any atom is -0.299 e. The zero-order valence-electron chi connectivity index (χ0n) is 12.2. The van der Waals surface area contributed by atoms with E-state index in [1.165, 1.54) is 12.8 Å². The molecule has 0 aliphatic carbocycles. The normalized spacial score (nSPS) is 15.2. The van der Waals surface area contributed by atoms with Crippen LogP contribution in [-0.4, -0.2) is 23.8 Å². The highest BCUT2D eigenvalue weighted by molar-refractivity contribution is 6.37. The van der Waals surface area contributed by atoms with E-state index in [1.807, 2.05) is 24.3 Å². The van der Waals surface area contributed by atoms with Crippen molar-refractivity contribution < 1.29 is 4.79 Å². The first-order valence-corrected chi connectivity index (χ1v) is 8.21. The molecule has 0 bridgehead atoms. The van der Waals surface area contributed by atoms with Crippen LogP contribution >= 0.6 is 23.2 Å². The number of hydrogen-bond acceptors (Lipinski definition) is 2. The van der Waals surface area contributed by atoms with Crippen LogP contribution in [0.3, 0.4) is 0 Å². The molecule has 2 aromatic rings. The fourth-order valence-electron chi connectivity index (χ4n) is 2.88. The molecule has 0 unspecified atom stereocenters. The van der Waals surface area contributed by atoms with E-state index in [-0.39, 0.29) is 5.78 Å². The molecule has 114 valence electrons. The number of halogens is 2. The van der Waals surface area contributed by atoms with Crippen molar-refractivity contribution in [2.24, 2.45) is 0 Å². The minimum atomic E-state index is -0.0449. The van der Waals surface area contributed by atoms with Crippen LogP contribution in [0.2, 0.25) is 10.0 Å². The van der Waals surface area contributed by atoms with Crippen LogP contribution in [0, 0.1) is 0 Å². The van der Waals surface area contributed by atoms with Gasteiger partial charge in [-0.2, -0.15) is 0 Å². The van der Waals surface area contributed by atoms with Crippen molar-refractivity contribution >= 4 is 29.0 Å². The van der Waals surface area contributed by atoms with Crippen LogP contribution in [-0.2, 0) is 6.54 Å². The second kappa shape index (κ2) is 6.82. The Morgan fingerprint density at radius 3 is 2.45 bits per heavy atom. The molecule has 22 heavy (non-hydrogen) atoms. The summed E-state index contributed by atoms with van der Waals surface area (Å²) in [6.45, 7) is 3.02. The molecule has 1 saturated heterocycles. The van der Waals surface area contributed by atoms with Crippen molar-refractivity contribution in [1.82, 2.24) is 4.90 Å². The summed E-state index contributed by atoms with van der Waals surface area (Å²) in [7, 11) is 0. The maximum absolute atomic E-state index is 12.8. The number of benzene rings is 2. The van der Waals surface area contributed by atoms with Gasteiger partial charge >= 0.3 is 0 Å².